The summed E-state index contributed by atoms with van der Waals surface area (Å²) in [5.41, 5.74) is -1.17. The maximum absolute atomic E-state index is 13.9. The first kappa shape index (κ1) is 31.7. The van der Waals surface area contributed by atoms with Crippen LogP contribution in [0.2, 0.25) is 0 Å². The van der Waals surface area contributed by atoms with E-state index >= 15 is 0 Å². The Balaban J connectivity index is 1.67. The van der Waals surface area contributed by atoms with E-state index in [0.717, 1.165) is 56.4 Å². The molecule has 230 valence electrons. The number of alkyl halides is 3. The van der Waals surface area contributed by atoms with Crippen molar-refractivity contribution in [1.82, 2.24) is 5.32 Å². The van der Waals surface area contributed by atoms with Gasteiger partial charge < -0.3 is 20.1 Å². The van der Waals surface area contributed by atoms with Crippen molar-refractivity contribution in [3.05, 3.63) is 77.9 Å². The van der Waals surface area contributed by atoms with Crippen LogP contribution in [0.5, 0.6) is 11.5 Å². The Kier molecular flexibility index (Phi) is 9.84. The molecular formula is C30H32F3N3O6S. The van der Waals surface area contributed by atoms with Gasteiger partial charge in [0.15, 0.2) is 11.5 Å². The quantitative estimate of drug-likeness (QED) is 0.305. The Bertz CT molecular complexity index is 1570. The summed E-state index contributed by atoms with van der Waals surface area (Å²) in [6.45, 7) is -0.892. The molecule has 0 unspecified atom stereocenters. The van der Waals surface area contributed by atoms with Crippen LogP contribution in [-0.2, 0) is 21.0 Å². The van der Waals surface area contributed by atoms with E-state index in [2.05, 4.69) is 10.6 Å². The number of hydrogen-bond donors (Lipinski definition) is 2. The zero-order valence-electron chi connectivity index (χ0n) is 23.6. The number of halogens is 3. The Morgan fingerprint density at radius 3 is 2.28 bits per heavy atom. The largest absolute Gasteiger partial charge is 0.493 e. The van der Waals surface area contributed by atoms with Crippen LogP contribution in [-0.4, -0.2) is 47.0 Å². The number of methoxy groups -OCH3 is 2. The van der Waals surface area contributed by atoms with Crippen LogP contribution in [0.15, 0.2) is 71.6 Å². The Labute approximate surface area is 248 Å². The Morgan fingerprint density at radius 1 is 0.907 bits per heavy atom. The lowest BCUT2D eigenvalue weighted by atomic mass is 9.95. The summed E-state index contributed by atoms with van der Waals surface area (Å²) >= 11 is 0. The molecule has 43 heavy (non-hydrogen) atoms. The summed E-state index contributed by atoms with van der Waals surface area (Å²) in [6.07, 6.45) is 0.0439. The van der Waals surface area contributed by atoms with Crippen LogP contribution in [0.4, 0.5) is 24.5 Å². The van der Waals surface area contributed by atoms with Crippen molar-refractivity contribution in [2.24, 2.45) is 0 Å². The van der Waals surface area contributed by atoms with Crippen molar-refractivity contribution in [2.75, 3.05) is 30.4 Å². The zero-order chi connectivity index (χ0) is 31.2. The van der Waals surface area contributed by atoms with Gasteiger partial charge in [0.1, 0.15) is 6.54 Å². The van der Waals surface area contributed by atoms with E-state index in [0.29, 0.717) is 10.4 Å². The SMILES string of the molecule is COc1ccc(S(=O)(=O)N(CC(=O)Nc2ccccc2C(=O)NC2CCCCC2)c2cccc(C(F)(F)F)c2)cc1OC. The number of rotatable bonds is 10. The number of ether oxygens (including phenoxy) is 2. The lowest BCUT2D eigenvalue weighted by molar-refractivity contribution is -0.137. The van der Waals surface area contributed by atoms with E-state index in [1.807, 2.05) is 0 Å². The first-order valence-electron chi connectivity index (χ1n) is 13.6. The van der Waals surface area contributed by atoms with Crippen LogP contribution in [0.3, 0.4) is 0 Å². The van der Waals surface area contributed by atoms with E-state index in [1.54, 1.807) is 12.1 Å². The Hall–Kier alpha value is -4.26. The summed E-state index contributed by atoms with van der Waals surface area (Å²) in [6, 6.07) is 13.6. The van der Waals surface area contributed by atoms with Gasteiger partial charge in [0, 0.05) is 12.1 Å². The molecule has 1 aliphatic rings. The predicted octanol–water partition coefficient (Wildman–Crippen LogP) is 5.62. The molecule has 0 aliphatic heterocycles. The van der Waals surface area contributed by atoms with Gasteiger partial charge in [0.05, 0.1) is 41.6 Å². The molecule has 1 saturated carbocycles. The van der Waals surface area contributed by atoms with Crippen molar-refractivity contribution in [3.63, 3.8) is 0 Å². The predicted molar refractivity (Wildman–Crippen MR) is 155 cm³/mol. The molecule has 13 heteroatoms. The molecule has 0 bridgehead atoms. The molecule has 3 aromatic rings. The molecule has 0 atom stereocenters. The van der Waals surface area contributed by atoms with E-state index < -0.39 is 40.1 Å². The molecular weight excluding hydrogens is 587 g/mol. The van der Waals surface area contributed by atoms with E-state index in [-0.39, 0.29) is 39.4 Å². The number of amides is 2. The molecule has 2 N–H and O–H groups in total. The van der Waals surface area contributed by atoms with E-state index in [4.69, 9.17) is 9.47 Å². The average molecular weight is 620 g/mol. The van der Waals surface area contributed by atoms with Gasteiger partial charge >= 0.3 is 6.18 Å². The highest BCUT2D eigenvalue weighted by Crippen LogP contribution is 2.35. The zero-order valence-corrected chi connectivity index (χ0v) is 24.4. The van der Waals surface area contributed by atoms with Crippen molar-refractivity contribution in [3.8, 4) is 11.5 Å². The van der Waals surface area contributed by atoms with Crippen LogP contribution in [0.25, 0.3) is 0 Å². The van der Waals surface area contributed by atoms with Gasteiger partial charge in [0.2, 0.25) is 5.91 Å². The molecule has 3 aromatic carbocycles. The van der Waals surface area contributed by atoms with Gasteiger partial charge in [0.25, 0.3) is 15.9 Å². The number of nitrogens with one attached hydrogen (secondary N) is 2. The minimum atomic E-state index is -4.76. The van der Waals surface area contributed by atoms with Crippen LogP contribution in [0.1, 0.15) is 48.0 Å². The van der Waals surface area contributed by atoms with E-state index in [9.17, 15) is 31.2 Å². The molecule has 9 nitrogen and oxygen atoms in total. The number of carbonyl (C=O) groups is 2. The molecule has 1 fully saturated rings. The molecule has 0 aromatic heterocycles. The van der Waals surface area contributed by atoms with Crippen molar-refractivity contribution >= 4 is 33.2 Å². The monoisotopic (exact) mass is 619 g/mol. The number of sulfonamides is 1. The second-order valence-corrected chi connectivity index (χ2v) is 11.8. The summed E-state index contributed by atoms with van der Waals surface area (Å²) in [7, 11) is -1.96. The third kappa shape index (κ3) is 7.58. The van der Waals surface area contributed by atoms with Crippen molar-refractivity contribution in [1.29, 1.82) is 0 Å². The smallest absolute Gasteiger partial charge is 0.416 e. The van der Waals surface area contributed by atoms with Crippen LogP contribution < -0.4 is 24.4 Å². The highest BCUT2D eigenvalue weighted by atomic mass is 32.2. The third-order valence-electron chi connectivity index (χ3n) is 7.08. The topological polar surface area (TPSA) is 114 Å². The van der Waals surface area contributed by atoms with Crippen molar-refractivity contribution < 1.29 is 40.7 Å². The number of nitrogens with zero attached hydrogens (tertiary/aromatic N) is 1. The summed E-state index contributed by atoms with van der Waals surface area (Å²) in [4.78, 5) is 26.0. The molecule has 0 saturated heterocycles. The summed E-state index contributed by atoms with van der Waals surface area (Å²) in [5.74, 6) is -0.974. The minimum absolute atomic E-state index is 0.00744. The highest BCUT2D eigenvalue weighted by Gasteiger charge is 2.34. The van der Waals surface area contributed by atoms with Crippen LogP contribution >= 0.6 is 0 Å². The van der Waals surface area contributed by atoms with Gasteiger partial charge in [-0.15, -0.1) is 0 Å². The molecule has 0 radical (unpaired) electrons. The normalized spacial score (nSPS) is 14.1. The number of carbonyl (C=O) groups excluding carboxylic acids is 2. The van der Waals surface area contributed by atoms with Gasteiger partial charge in [-0.3, -0.25) is 13.9 Å². The lowest BCUT2D eigenvalue weighted by Crippen LogP contribution is -2.39. The lowest BCUT2D eigenvalue weighted by Gasteiger charge is -2.26. The first-order valence-corrected chi connectivity index (χ1v) is 15.0. The molecule has 0 spiro atoms. The van der Waals surface area contributed by atoms with Gasteiger partial charge in [-0.2, -0.15) is 13.2 Å². The maximum atomic E-state index is 13.9. The van der Waals surface area contributed by atoms with Gasteiger partial charge in [-0.05, 0) is 55.3 Å². The first-order chi connectivity index (χ1) is 20.4. The molecule has 2 amide bonds. The fraction of sp³-hybridized carbons (Fsp3) is 0.333. The molecule has 1 aliphatic carbocycles. The van der Waals surface area contributed by atoms with Crippen molar-refractivity contribution in [2.45, 2.75) is 49.2 Å². The number of para-hydroxylation sites is 1. The average Bonchev–Trinajstić information content (AvgIpc) is 2.99. The number of benzene rings is 3. The van der Waals surface area contributed by atoms with Crippen LogP contribution in [0, 0.1) is 0 Å². The maximum Gasteiger partial charge on any atom is 0.416 e. The number of anilines is 2. The second kappa shape index (κ2) is 13.4. The standard InChI is InChI=1S/C30H32F3N3O6S/c1-41-26-16-15-23(18-27(26)42-2)43(39,40)36(22-12-8-9-20(17-22)30(31,32)33)19-28(37)35-25-14-7-6-13-24(25)29(38)34-21-10-4-3-5-11-21/h6-9,12-18,21H,3-5,10-11,19H2,1-2H3,(H,34,38)(H,35,37). The van der Waals surface area contributed by atoms with E-state index in [1.165, 1.54) is 38.5 Å². The molecule has 4 rings (SSSR count). The third-order valence-corrected chi connectivity index (χ3v) is 8.85. The fourth-order valence-electron chi connectivity index (χ4n) is 4.88. The fourth-order valence-corrected chi connectivity index (χ4v) is 6.31. The summed E-state index contributed by atoms with van der Waals surface area (Å²) < 4.78 is 79.3. The van der Waals surface area contributed by atoms with Gasteiger partial charge in [-0.25, -0.2) is 8.42 Å². The highest BCUT2D eigenvalue weighted by molar-refractivity contribution is 7.92. The summed E-state index contributed by atoms with van der Waals surface area (Å²) in [5, 5.41) is 5.54. The Morgan fingerprint density at radius 2 is 1.60 bits per heavy atom. The van der Waals surface area contributed by atoms with Gasteiger partial charge in [-0.1, -0.05) is 37.5 Å². The number of hydrogen-bond acceptors (Lipinski definition) is 6. The minimum Gasteiger partial charge on any atom is -0.493 e. The molecule has 0 heterocycles. The second-order valence-electron chi connectivity index (χ2n) is 9.98.